The van der Waals surface area contributed by atoms with Crippen molar-refractivity contribution >= 4 is 27.2 Å². The molecule has 0 saturated carbocycles. The van der Waals surface area contributed by atoms with E-state index in [4.69, 9.17) is 0 Å². The van der Waals surface area contributed by atoms with Crippen LogP contribution in [-0.2, 0) is 16.6 Å². The molecule has 126 valence electrons. The summed E-state index contributed by atoms with van der Waals surface area (Å²) in [5.41, 5.74) is 1.49. The first kappa shape index (κ1) is 16.2. The van der Waals surface area contributed by atoms with Crippen molar-refractivity contribution in [2.75, 3.05) is 21.9 Å². The van der Waals surface area contributed by atoms with E-state index in [1.807, 2.05) is 18.2 Å². The molecule has 1 saturated heterocycles. The molecule has 24 heavy (non-hydrogen) atoms. The Labute approximate surface area is 139 Å². The zero-order chi connectivity index (χ0) is 17.2. The number of benzene rings is 1. The minimum Gasteiger partial charge on any atom is -0.366 e. The van der Waals surface area contributed by atoms with Crippen LogP contribution in [0.1, 0.15) is 12.0 Å². The highest BCUT2D eigenvalue weighted by Crippen LogP contribution is 2.25. The molecule has 3 rings (SSSR count). The summed E-state index contributed by atoms with van der Waals surface area (Å²) in [6, 6.07) is 10.2. The third kappa shape index (κ3) is 3.46. The van der Waals surface area contributed by atoms with Crippen molar-refractivity contribution in [1.29, 1.82) is 0 Å². The highest BCUT2D eigenvalue weighted by molar-refractivity contribution is 7.93. The molecule has 1 aliphatic rings. The van der Waals surface area contributed by atoms with Gasteiger partial charge in [-0.2, -0.15) is 0 Å². The predicted molar refractivity (Wildman–Crippen MR) is 90.4 cm³/mol. The standard InChI is InChI=1S/C15H16N4O4S/c20-19(21)14-5-6-15(17-11-14)16-10-12-3-1-4-13(9-12)18-7-2-8-24(18,22)23/h1,3-6,9,11H,2,7-8,10H2,(H,16,17). The molecule has 2 heterocycles. The number of nitrogens with one attached hydrogen (secondary N) is 1. The normalized spacial score (nSPS) is 16.1. The summed E-state index contributed by atoms with van der Waals surface area (Å²) in [6.45, 7) is 0.940. The van der Waals surface area contributed by atoms with Crippen LogP contribution in [0.25, 0.3) is 0 Å². The Morgan fingerprint density at radius 2 is 2.12 bits per heavy atom. The van der Waals surface area contributed by atoms with Gasteiger partial charge in [0, 0.05) is 19.2 Å². The quantitative estimate of drug-likeness (QED) is 0.655. The lowest BCUT2D eigenvalue weighted by molar-refractivity contribution is -0.385. The van der Waals surface area contributed by atoms with Gasteiger partial charge in [-0.15, -0.1) is 0 Å². The van der Waals surface area contributed by atoms with Gasteiger partial charge in [-0.25, -0.2) is 13.4 Å². The number of pyridine rings is 1. The Morgan fingerprint density at radius 3 is 2.75 bits per heavy atom. The summed E-state index contributed by atoms with van der Waals surface area (Å²) < 4.78 is 25.4. The summed E-state index contributed by atoms with van der Waals surface area (Å²) >= 11 is 0. The number of nitrogens with zero attached hydrogens (tertiary/aromatic N) is 3. The van der Waals surface area contributed by atoms with E-state index in [1.165, 1.54) is 22.6 Å². The van der Waals surface area contributed by atoms with Crippen LogP contribution in [0, 0.1) is 10.1 Å². The van der Waals surface area contributed by atoms with Gasteiger partial charge in [-0.3, -0.25) is 14.4 Å². The lowest BCUT2D eigenvalue weighted by atomic mass is 10.2. The Bertz CT molecular complexity index is 852. The van der Waals surface area contributed by atoms with Gasteiger partial charge in [0.25, 0.3) is 5.69 Å². The molecule has 2 aromatic rings. The monoisotopic (exact) mass is 348 g/mol. The molecule has 0 spiro atoms. The maximum atomic E-state index is 12.0. The average Bonchev–Trinajstić information content (AvgIpc) is 2.93. The highest BCUT2D eigenvalue weighted by Gasteiger charge is 2.28. The third-order valence-electron chi connectivity index (χ3n) is 3.73. The fourth-order valence-electron chi connectivity index (χ4n) is 2.54. The van der Waals surface area contributed by atoms with E-state index in [2.05, 4.69) is 10.3 Å². The van der Waals surface area contributed by atoms with Gasteiger partial charge in [0.05, 0.1) is 16.4 Å². The topological polar surface area (TPSA) is 105 Å². The molecule has 1 N–H and O–H groups in total. The second-order valence-corrected chi connectivity index (χ2v) is 7.44. The fraction of sp³-hybridized carbons (Fsp3) is 0.267. The maximum absolute atomic E-state index is 12.0. The van der Waals surface area contributed by atoms with Crippen LogP contribution in [-0.4, -0.2) is 30.6 Å². The van der Waals surface area contributed by atoms with Gasteiger partial charge < -0.3 is 5.32 Å². The van der Waals surface area contributed by atoms with Crippen molar-refractivity contribution in [3.8, 4) is 0 Å². The van der Waals surface area contributed by atoms with Crippen LogP contribution < -0.4 is 9.62 Å². The van der Waals surface area contributed by atoms with Crippen molar-refractivity contribution in [3.63, 3.8) is 0 Å². The number of nitro groups is 1. The van der Waals surface area contributed by atoms with Crippen molar-refractivity contribution in [2.24, 2.45) is 0 Å². The van der Waals surface area contributed by atoms with Gasteiger partial charge in [0.1, 0.15) is 12.0 Å². The molecular weight excluding hydrogens is 332 g/mol. The van der Waals surface area contributed by atoms with E-state index in [9.17, 15) is 18.5 Å². The lowest BCUT2D eigenvalue weighted by Gasteiger charge is -2.17. The van der Waals surface area contributed by atoms with Gasteiger partial charge >= 0.3 is 0 Å². The fourth-order valence-corrected chi connectivity index (χ4v) is 4.10. The van der Waals surface area contributed by atoms with Crippen molar-refractivity contribution in [3.05, 3.63) is 58.3 Å². The van der Waals surface area contributed by atoms with E-state index in [0.29, 0.717) is 31.0 Å². The third-order valence-corrected chi connectivity index (χ3v) is 5.60. The molecule has 0 atom stereocenters. The molecule has 0 bridgehead atoms. The van der Waals surface area contributed by atoms with Crippen molar-refractivity contribution < 1.29 is 13.3 Å². The predicted octanol–water partition coefficient (Wildman–Crippen LogP) is 2.14. The Hall–Kier alpha value is -2.68. The molecular formula is C15H16N4O4S. The zero-order valence-corrected chi connectivity index (χ0v) is 13.6. The average molecular weight is 348 g/mol. The van der Waals surface area contributed by atoms with E-state index in [0.717, 1.165) is 5.56 Å². The van der Waals surface area contributed by atoms with Crippen LogP contribution in [0.5, 0.6) is 0 Å². The van der Waals surface area contributed by atoms with Gasteiger partial charge in [-0.1, -0.05) is 12.1 Å². The SMILES string of the molecule is O=[N+]([O-])c1ccc(NCc2cccc(N3CCCS3(=O)=O)c2)nc1. The van der Waals surface area contributed by atoms with E-state index >= 15 is 0 Å². The number of sulfonamides is 1. The van der Waals surface area contributed by atoms with Crippen LogP contribution in [0.15, 0.2) is 42.6 Å². The molecule has 1 aliphatic heterocycles. The number of aromatic nitrogens is 1. The summed E-state index contributed by atoms with van der Waals surface area (Å²) in [4.78, 5) is 14.1. The van der Waals surface area contributed by atoms with Crippen LogP contribution in [0.2, 0.25) is 0 Å². The molecule has 0 aliphatic carbocycles. The molecule has 8 nitrogen and oxygen atoms in total. The number of hydrogen-bond donors (Lipinski definition) is 1. The highest BCUT2D eigenvalue weighted by atomic mass is 32.2. The second kappa shape index (κ2) is 6.44. The number of hydrogen-bond acceptors (Lipinski definition) is 6. The van der Waals surface area contributed by atoms with Gasteiger partial charge in [0.15, 0.2) is 0 Å². The summed E-state index contributed by atoms with van der Waals surface area (Å²) in [5, 5.41) is 13.7. The van der Waals surface area contributed by atoms with Gasteiger partial charge in [-0.05, 0) is 30.2 Å². The van der Waals surface area contributed by atoms with Crippen LogP contribution >= 0.6 is 0 Å². The Morgan fingerprint density at radius 1 is 1.29 bits per heavy atom. The minimum absolute atomic E-state index is 0.0678. The number of anilines is 2. The van der Waals surface area contributed by atoms with E-state index < -0.39 is 14.9 Å². The second-order valence-electron chi connectivity index (χ2n) is 5.42. The molecule has 1 aromatic heterocycles. The lowest BCUT2D eigenvalue weighted by Crippen LogP contribution is -2.25. The van der Waals surface area contributed by atoms with Crippen LogP contribution in [0.4, 0.5) is 17.2 Å². The minimum atomic E-state index is -3.20. The van der Waals surface area contributed by atoms with Crippen molar-refractivity contribution in [1.82, 2.24) is 4.98 Å². The largest absolute Gasteiger partial charge is 0.366 e. The Balaban J connectivity index is 1.70. The molecule has 1 fully saturated rings. The van der Waals surface area contributed by atoms with Gasteiger partial charge in [0.2, 0.25) is 10.0 Å². The first-order valence-electron chi connectivity index (χ1n) is 7.39. The molecule has 0 radical (unpaired) electrons. The summed E-state index contributed by atoms with van der Waals surface area (Å²) in [7, 11) is -3.20. The zero-order valence-electron chi connectivity index (χ0n) is 12.8. The first-order valence-corrected chi connectivity index (χ1v) is 9.00. The molecule has 1 aromatic carbocycles. The van der Waals surface area contributed by atoms with E-state index in [-0.39, 0.29) is 11.4 Å². The smallest absolute Gasteiger partial charge is 0.287 e. The number of rotatable bonds is 5. The Kier molecular flexibility index (Phi) is 4.34. The molecule has 0 unspecified atom stereocenters. The van der Waals surface area contributed by atoms with E-state index in [1.54, 1.807) is 6.07 Å². The van der Waals surface area contributed by atoms with Crippen molar-refractivity contribution in [2.45, 2.75) is 13.0 Å². The molecule has 9 heteroatoms. The maximum Gasteiger partial charge on any atom is 0.287 e. The first-order chi connectivity index (χ1) is 11.5. The molecule has 0 amide bonds. The van der Waals surface area contributed by atoms with Crippen LogP contribution in [0.3, 0.4) is 0 Å². The summed E-state index contributed by atoms with van der Waals surface area (Å²) in [5.74, 6) is 0.696. The summed E-state index contributed by atoms with van der Waals surface area (Å²) in [6.07, 6.45) is 1.83.